The van der Waals surface area contributed by atoms with Crippen LogP contribution in [0.15, 0.2) is 0 Å². The predicted molar refractivity (Wildman–Crippen MR) is 71.9 cm³/mol. The molecule has 136 valence electrons. The van der Waals surface area contributed by atoms with Gasteiger partial charge in [-0.15, -0.1) is 0 Å². The van der Waals surface area contributed by atoms with Gasteiger partial charge in [0.2, 0.25) is 0 Å². The van der Waals surface area contributed by atoms with E-state index in [9.17, 15) is 35.7 Å². The van der Waals surface area contributed by atoms with E-state index in [4.69, 9.17) is 14.6 Å². The lowest BCUT2D eigenvalue weighted by Gasteiger charge is -2.45. The Kier molecular flexibility index (Phi) is 6.30. The number of hydrogen-bond donors (Lipinski definition) is 8. The van der Waals surface area contributed by atoms with Gasteiger partial charge in [-0.25, -0.2) is 0 Å². The van der Waals surface area contributed by atoms with Crippen molar-refractivity contribution in [2.45, 2.75) is 61.5 Å². The minimum absolute atomic E-state index is 0.141. The highest BCUT2D eigenvalue weighted by Crippen LogP contribution is 2.33. The van der Waals surface area contributed by atoms with E-state index in [1.807, 2.05) is 0 Å². The molecule has 10 nitrogen and oxygen atoms in total. The molecule has 10 heteroatoms. The molecule has 0 aromatic carbocycles. The zero-order chi connectivity index (χ0) is 17.3. The fourth-order valence-electron chi connectivity index (χ4n) is 3.11. The zero-order valence-electron chi connectivity index (χ0n) is 12.3. The zero-order valence-corrected chi connectivity index (χ0v) is 12.3. The van der Waals surface area contributed by atoms with Crippen molar-refractivity contribution in [2.75, 3.05) is 13.2 Å². The van der Waals surface area contributed by atoms with Crippen LogP contribution in [0.4, 0.5) is 0 Å². The van der Waals surface area contributed by atoms with Crippen molar-refractivity contribution in [1.29, 1.82) is 0 Å². The Hall–Kier alpha value is -0.400. The molecule has 2 heterocycles. The van der Waals surface area contributed by atoms with Crippen molar-refractivity contribution in [3.05, 3.63) is 0 Å². The molecule has 2 fully saturated rings. The molecule has 0 aromatic heterocycles. The van der Waals surface area contributed by atoms with Crippen molar-refractivity contribution >= 4 is 0 Å². The van der Waals surface area contributed by atoms with Gasteiger partial charge in [-0.3, -0.25) is 0 Å². The molecule has 2 rings (SSSR count). The van der Waals surface area contributed by atoms with E-state index in [-0.39, 0.29) is 6.42 Å². The SMILES string of the molecule is OCC1OC(C[C@H]2C(CO)OC(O)C(O)C2O)C(O)C(O)C1O. The molecule has 9 unspecified atom stereocenters. The fraction of sp³-hybridized carbons (Fsp3) is 1.00. The van der Waals surface area contributed by atoms with Crippen LogP contribution in [-0.4, -0.2) is 109 Å². The van der Waals surface area contributed by atoms with Gasteiger partial charge in [0, 0.05) is 5.92 Å². The van der Waals surface area contributed by atoms with Crippen molar-refractivity contribution in [2.24, 2.45) is 5.92 Å². The lowest BCUT2D eigenvalue weighted by atomic mass is 9.81. The number of aliphatic hydroxyl groups is 8. The number of aliphatic hydroxyl groups excluding tert-OH is 8. The van der Waals surface area contributed by atoms with Gasteiger partial charge in [-0.2, -0.15) is 0 Å². The quantitative estimate of drug-likeness (QED) is 0.247. The second-order valence-electron chi connectivity index (χ2n) is 6.00. The summed E-state index contributed by atoms with van der Waals surface area (Å²) in [5, 5.41) is 77.1. The van der Waals surface area contributed by atoms with Crippen molar-refractivity contribution in [3.63, 3.8) is 0 Å². The van der Waals surface area contributed by atoms with E-state index in [1.165, 1.54) is 0 Å². The van der Waals surface area contributed by atoms with Gasteiger partial charge < -0.3 is 50.3 Å². The first-order valence-electron chi connectivity index (χ1n) is 7.42. The molecular weight excluding hydrogens is 316 g/mol. The predicted octanol–water partition coefficient (Wildman–Crippen LogP) is -4.73. The van der Waals surface area contributed by atoms with Gasteiger partial charge in [-0.05, 0) is 6.42 Å². The van der Waals surface area contributed by atoms with Crippen molar-refractivity contribution in [1.82, 2.24) is 0 Å². The maximum absolute atomic E-state index is 10.1. The van der Waals surface area contributed by atoms with E-state index in [1.54, 1.807) is 0 Å². The van der Waals surface area contributed by atoms with E-state index >= 15 is 0 Å². The molecule has 0 spiro atoms. The first kappa shape index (κ1) is 18.9. The van der Waals surface area contributed by atoms with Crippen LogP contribution in [0.2, 0.25) is 0 Å². The topological polar surface area (TPSA) is 180 Å². The Morgan fingerprint density at radius 1 is 0.565 bits per heavy atom. The Labute approximate surface area is 132 Å². The van der Waals surface area contributed by atoms with Crippen LogP contribution >= 0.6 is 0 Å². The third-order valence-corrected chi connectivity index (χ3v) is 4.55. The van der Waals surface area contributed by atoms with Crippen LogP contribution in [0, 0.1) is 5.92 Å². The van der Waals surface area contributed by atoms with E-state index < -0.39 is 74.3 Å². The molecule has 0 aliphatic carbocycles. The van der Waals surface area contributed by atoms with E-state index in [0.29, 0.717) is 0 Å². The first-order valence-corrected chi connectivity index (χ1v) is 7.42. The third kappa shape index (κ3) is 3.66. The molecule has 2 aliphatic heterocycles. The third-order valence-electron chi connectivity index (χ3n) is 4.55. The second kappa shape index (κ2) is 7.66. The average Bonchev–Trinajstić information content (AvgIpc) is 2.55. The highest BCUT2D eigenvalue weighted by Gasteiger charge is 2.49. The second-order valence-corrected chi connectivity index (χ2v) is 6.00. The Balaban J connectivity index is 2.11. The number of ether oxygens (including phenoxy) is 2. The van der Waals surface area contributed by atoms with Crippen LogP contribution in [0.3, 0.4) is 0 Å². The summed E-state index contributed by atoms with van der Waals surface area (Å²) >= 11 is 0. The standard InChI is InChI=1S/C13H24O10/c14-2-6-4(8(16)12(20)13(21)23-6)1-5-9(17)11(19)10(18)7(3-15)22-5/h4-21H,1-3H2/t4-,5?,6?,7?,8?,9?,10?,11?,12?,13?/m0/s1. The summed E-state index contributed by atoms with van der Waals surface area (Å²) in [5.41, 5.74) is 0. The molecule has 10 atom stereocenters. The molecule has 2 aliphatic rings. The highest BCUT2D eigenvalue weighted by atomic mass is 16.6. The lowest BCUT2D eigenvalue weighted by Crippen LogP contribution is -2.61. The Bertz CT molecular complexity index is 378. The molecule has 0 radical (unpaired) electrons. The fourth-order valence-corrected chi connectivity index (χ4v) is 3.11. The van der Waals surface area contributed by atoms with Crippen LogP contribution in [0.1, 0.15) is 6.42 Å². The summed E-state index contributed by atoms with van der Waals surface area (Å²) in [5.74, 6) is -0.903. The molecule has 0 aromatic rings. The number of hydrogen-bond acceptors (Lipinski definition) is 10. The number of rotatable bonds is 4. The summed E-state index contributed by atoms with van der Waals surface area (Å²) in [7, 11) is 0. The molecular formula is C13H24O10. The molecule has 0 amide bonds. The highest BCUT2D eigenvalue weighted by molar-refractivity contribution is 4.96. The van der Waals surface area contributed by atoms with Crippen LogP contribution < -0.4 is 0 Å². The summed E-state index contributed by atoms with van der Waals surface area (Å²) < 4.78 is 10.3. The minimum atomic E-state index is -1.66. The summed E-state index contributed by atoms with van der Waals surface area (Å²) in [4.78, 5) is 0. The normalized spacial score (nSPS) is 51.7. The van der Waals surface area contributed by atoms with Gasteiger partial charge in [0.05, 0.1) is 31.5 Å². The molecule has 23 heavy (non-hydrogen) atoms. The molecule has 0 saturated carbocycles. The maximum atomic E-state index is 10.1. The van der Waals surface area contributed by atoms with Gasteiger partial charge in [0.25, 0.3) is 0 Å². The molecule has 0 bridgehead atoms. The van der Waals surface area contributed by atoms with Gasteiger partial charge in [0.15, 0.2) is 6.29 Å². The largest absolute Gasteiger partial charge is 0.394 e. The van der Waals surface area contributed by atoms with Gasteiger partial charge >= 0.3 is 0 Å². The van der Waals surface area contributed by atoms with Gasteiger partial charge in [0.1, 0.15) is 30.5 Å². The van der Waals surface area contributed by atoms with Crippen LogP contribution in [0.25, 0.3) is 0 Å². The first-order chi connectivity index (χ1) is 10.8. The summed E-state index contributed by atoms with van der Waals surface area (Å²) in [6.45, 7) is -1.14. The van der Waals surface area contributed by atoms with E-state index in [2.05, 4.69) is 0 Å². The lowest BCUT2D eigenvalue weighted by molar-refractivity contribution is -0.286. The van der Waals surface area contributed by atoms with Crippen LogP contribution in [-0.2, 0) is 9.47 Å². The van der Waals surface area contributed by atoms with Gasteiger partial charge in [-0.1, -0.05) is 0 Å². The summed E-state index contributed by atoms with van der Waals surface area (Å²) in [6, 6.07) is 0. The Morgan fingerprint density at radius 3 is 1.70 bits per heavy atom. The van der Waals surface area contributed by atoms with Crippen molar-refractivity contribution < 1.29 is 50.3 Å². The van der Waals surface area contributed by atoms with Crippen molar-refractivity contribution in [3.8, 4) is 0 Å². The summed E-state index contributed by atoms with van der Waals surface area (Å²) in [6.07, 6.45) is -12.6. The Morgan fingerprint density at radius 2 is 1.13 bits per heavy atom. The monoisotopic (exact) mass is 340 g/mol. The molecule has 2 saturated heterocycles. The van der Waals surface area contributed by atoms with E-state index in [0.717, 1.165) is 0 Å². The van der Waals surface area contributed by atoms with Crippen LogP contribution in [0.5, 0.6) is 0 Å². The minimum Gasteiger partial charge on any atom is -0.394 e. The smallest absolute Gasteiger partial charge is 0.183 e. The average molecular weight is 340 g/mol. The maximum Gasteiger partial charge on any atom is 0.183 e. The molecule has 8 N–H and O–H groups in total.